The van der Waals surface area contributed by atoms with Gasteiger partial charge >= 0.3 is 41.5 Å². The minimum absolute atomic E-state index is 0. The van der Waals surface area contributed by atoms with E-state index >= 15 is 0 Å². The number of carbonyl (C=O) groups excluding carboxylic acids is 2. The number of benzene rings is 2. The number of carbonyl (C=O) groups is 2. The van der Waals surface area contributed by atoms with E-state index in [0.29, 0.717) is 6.07 Å². The minimum Gasteiger partial charge on any atom is -0.465 e. The van der Waals surface area contributed by atoms with E-state index in [9.17, 15) is 35.5 Å². The van der Waals surface area contributed by atoms with Crippen molar-refractivity contribution in [1.29, 1.82) is 0 Å². The van der Waals surface area contributed by atoms with Crippen LogP contribution in [0.3, 0.4) is 0 Å². The molecular formula is C16H13NaO10S2. The van der Waals surface area contributed by atoms with E-state index < -0.39 is 64.2 Å². The van der Waals surface area contributed by atoms with Crippen molar-refractivity contribution in [3.05, 3.63) is 47.5 Å². The third kappa shape index (κ3) is 5.42. The molecule has 0 radical (unpaired) electrons. The van der Waals surface area contributed by atoms with E-state index in [1.807, 2.05) is 0 Å². The first-order valence-electron chi connectivity index (χ1n) is 7.22. The SMILES string of the molecule is COC(=O)c1cc(C(=O)OC)c(-c2ccc[c-]c2S(=O)(=O)O)c(S(=O)(=O)O)c1.[Na+]. The second-order valence-electron chi connectivity index (χ2n) is 5.24. The van der Waals surface area contributed by atoms with Gasteiger partial charge in [0.05, 0.1) is 30.2 Å². The number of methoxy groups -OCH3 is 2. The molecule has 150 valence electrons. The minimum atomic E-state index is -5.08. The summed E-state index contributed by atoms with van der Waals surface area (Å²) in [6, 6.07) is 7.29. The van der Waals surface area contributed by atoms with Crippen molar-refractivity contribution in [2.75, 3.05) is 14.2 Å². The van der Waals surface area contributed by atoms with Crippen LogP contribution in [-0.4, -0.2) is 52.1 Å². The summed E-state index contributed by atoms with van der Waals surface area (Å²) in [6.07, 6.45) is 0. The average molecular weight is 452 g/mol. The van der Waals surface area contributed by atoms with Crippen molar-refractivity contribution in [1.82, 2.24) is 0 Å². The average Bonchev–Trinajstić information content (AvgIpc) is 2.64. The second-order valence-corrected chi connectivity index (χ2v) is 7.99. The van der Waals surface area contributed by atoms with Gasteiger partial charge in [-0.05, 0) is 22.6 Å². The molecule has 0 aliphatic heterocycles. The third-order valence-corrected chi connectivity index (χ3v) is 5.28. The Balaban J connectivity index is 0.00000420. The molecule has 0 bridgehead atoms. The molecule has 0 saturated carbocycles. The molecule has 0 fully saturated rings. The summed E-state index contributed by atoms with van der Waals surface area (Å²) in [5.41, 5.74) is -2.06. The molecule has 2 aromatic rings. The van der Waals surface area contributed by atoms with Crippen molar-refractivity contribution in [2.45, 2.75) is 9.79 Å². The zero-order valence-electron chi connectivity index (χ0n) is 15.4. The normalized spacial score (nSPS) is 11.3. The summed E-state index contributed by atoms with van der Waals surface area (Å²) in [6.45, 7) is 0. The van der Waals surface area contributed by atoms with Gasteiger partial charge in [-0.1, -0.05) is 0 Å². The van der Waals surface area contributed by atoms with Gasteiger partial charge in [-0.25, -0.2) is 9.59 Å². The first-order valence-corrected chi connectivity index (χ1v) is 10.1. The number of rotatable bonds is 5. The number of hydrogen-bond acceptors (Lipinski definition) is 8. The second kappa shape index (κ2) is 9.34. The molecule has 0 aliphatic carbocycles. The Kier molecular flexibility index (Phi) is 8.13. The summed E-state index contributed by atoms with van der Waals surface area (Å²) in [7, 11) is -8.01. The molecule has 0 heterocycles. The molecule has 2 N–H and O–H groups in total. The summed E-state index contributed by atoms with van der Waals surface area (Å²) in [5, 5.41) is 0. The van der Waals surface area contributed by atoms with E-state index in [2.05, 4.69) is 15.5 Å². The Hall–Kier alpha value is -1.80. The van der Waals surface area contributed by atoms with Crippen molar-refractivity contribution < 1.29 is 74.6 Å². The molecule has 2 aromatic carbocycles. The molecular weight excluding hydrogens is 439 g/mol. The molecule has 29 heavy (non-hydrogen) atoms. The zero-order chi connectivity index (χ0) is 21.3. The van der Waals surface area contributed by atoms with Crippen LogP contribution < -0.4 is 29.6 Å². The summed E-state index contributed by atoms with van der Waals surface area (Å²) in [5.74, 6) is -2.17. The van der Waals surface area contributed by atoms with E-state index in [-0.39, 0.29) is 29.6 Å². The predicted molar refractivity (Wildman–Crippen MR) is 93.0 cm³/mol. The van der Waals surface area contributed by atoms with Crippen LogP contribution in [0, 0.1) is 6.07 Å². The summed E-state index contributed by atoms with van der Waals surface area (Å²) in [4.78, 5) is 22.3. The predicted octanol–water partition coefficient (Wildman–Crippen LogP) is -1.78. The topological polar surface area (TPSA) is 161 Å². The van der Waals surface area contributed by atoms with Crippen molar-refractivity contribution in [3.8, 4) is 11.1 Å². The molecule has 0 aromatic heterocycles. The van der Waals surface area contributed by atoms with Gasteiger partial charge in [0.1, 0.15) is 0 Å². The molecule has 0 aliphatic rings. The van der Waals surface area contributed by atoms with Gasteiger partial charge in [0.15, 0.2) is 0 Å². The Morgan fingerprint density at radius 3 is 2.03 bits per heavy atom. The van der Waals surface area contributed by atoms with E-state index in [0.717, 1.165) is 32.4 Å². The van der Waals surface area contributed by atoms with Crippen LogP contribution in [-0.2, 0) is 29.7 Å². The fourth-order valence-corrected chi connectivity index (χ4v) is 3.85. The quantitative estimate of drug-likeness (QED) is 0.230. The van der Waals surface area contributed by atoms with Crippen LogP contribution in [0.1, 0.15) is 20.7 Å². The largest absolute Gasteiger partial charge is 1.00 e. The van der Waals surface area contributed by atoms with Crippen molar-refractivity contribution >= 4 is 32.2 Å². The first kappa shape index (κ1) is 25.2. The molecule has 0 unspecified atom stereocenters. The summed E-state index contributed by atoms with van der Waals surface area (Å²) < 4.78 is 75.4. The van der Waals surface area contributed by atoms with E-state index in [1.54, 1.807) is 0 Å². The van der Waals surface area contributed by atoms with Gasteiger partial charge in [-0.2, -0.15) is 41.1 Å². The van der Waals surface area contributed by atoms with Gasteiger partial charge < -0.3 is 9.47 Å². The number of esters is 2. The monoisotopic (exact) mass is 452 g/mol. The molecule has 0 amide bonds. The Bertz CT molecular complexity index is 1170. The fourth-order valence-electron chi connectivity index (χ4n) is 2.44. The van der Waals surface area contributed by atoms with E-state index in [4.69, 9.17) is 0 Å². The number of hydrogen-bond donors (Lipinski definition) is 2. The van der Waals surface area contributed by atoms with E-state index in [1.165, 1.54) is 6.07 Å². The van der Waals surface area contributed by atoms with Crippen molar-refractivity contribution in [2.24, 2.45) is 0 Å². The first-order chi connectivity index (χ1) is 12.9. The van der Waals surface area contributed by atoms with Crippen LogP contribution in [0.25, 0.3) is 11.1 Å². The Labute approximate surface area is 188 Å². The van der Waals surface area contributed by atoms with Gasteiger partial charge in [0.2, 0.25) is 0 Å². The third-order valence-electron chi connectivity index (χ3n) is 3.55. The fraction of sp³-hybridized carbons (Fsp3) is 0.125. The zero-order valence-corrected chi connectivity index (χ0v) is 19.0. The Morgan fingerprint density at radius 1 is 0.966 bits per heavy atom. The maximum Gasteiger partial charge on any atom is 1.00 e. The molecule has 2 rings (SSSR count). The van der Waals surface area contributed by atoms with Crippen LogP contribution in [0.4, 0.5) is 0 Å². The van der Waals surface area contributed by atoms with Gasteiger partial charge in [-0.15, -0.1) is 5.56 Å². The maximum absolute atomic E-state index is 12.2. The van der Waals surface area contributed by atoms with Gasteiger partial charge in [0.25, 0.3) is 20.2 Å². The number of ether oxygens (including phenoxy) is 2. The van der Waals surface area contributed by atoms with Crippen molar-refractivity contribution in [3.63, 3.8) is 0 Å². The smallest absolute Gasteiger partial charge is 0.465 e. The summed E-state index contributed by atoms with van der Waals surface area (Å²) >= 11 is 0. The van der Waals surface area contributed by atoms with Crippen LogP contribution >= 0.6 is 0 Å². The molecule has 0 atom stereocenters. The molecule has 0 saturated heterocycles. The van der Waals surface area contributed by atoms with Crippen LogP contribution in [0.15, 0.2) is 40.1 Å². The molecule has 13 heteroatoms. The standard InChI is InChI=1S/C16H13O10S2.Na/c1-25-15(17)9-7-11(16(18)26-2)14(13(8-9)28(22,23)24)10-5-3-4-6-12(10)27(19,20)21;/h3-5,7-8H,1-2H3,(H,19,20,21)(H,22,23,24);/q-1;+1. The van der Waals surface area contributed by atoms with Crippen LogP contribution in [0.2, 0.25) is 0 Å². The van der Waals surface area contributed by atoms with Gasteiger partial charge in [-0.3, -0.25) is 9.11 Å². The Morgan fingerprint density at radius 2 is 1.55 bits per heavy atom. The maximum atomic E-state index is 12.2. The van der Waals surface area contributed by atoms with Crippen LogP contribution in [0.5, 0.6) is 0 Å². The van der Waals surface area contributed by atoms with Gasteiger partial charge in [0, 0.05) is 0 Å². The molecule has 0 spiro atoms. The molecule has 10 nitrogen and oxygen atoms in total.